The molecule has 0 bridgehead atoms. The Morgan fingerprint density at radius 3 is 2.29 bits per heavy atom. The average molecular weight is 285 g/mol. The smallest absolute Gasteiger partial charge is 0.278 e. The highest BCUT2D eigenvalue weighted by Gasteiger charge is 2.11. The molecule has 4 nitrogen and oxygen atoms in total. The lowest BCUT2D eigenvalue weighted by Gasteiger charge is -2.03. The molecule has 0 atom stereocenters. The van der Waals surface area contributed by atoms with Crippen molar-refractivity contribution in [3.63, 3.8) is 0 Å². The number of hydrogen-bond donors (Lipinski definition) is 1. The Morgan fingerprint density at radius 2 is 1.62 bits per heavy atom. The Morgan fingerprint density at radius 1 is 0.905 bits per heavy atom. The van der Waals surface area contributed by atoms with Crippen molar-refractivity contribution in [1.82, 2.24) is 15.2 Å². The third-order valence-corrected chi connectivity index (χ3v) is 2.94. The standard InChI is InChI=1S/C15H9F2N3O/c16-10-7-5-9(6-8-10)13-15(21)18-14(20-19-13)11-3-1-2-4-12(11)17/h1-8H,(H,18,20,21). The Kier molecular flexibility index (Phi) is 3.27. The van der Waals surface area contributed by atoms with E-state index in [-0.39, 0.29) is 17.1 Å². The normalized spacial score (nSPS) is 10.6. The second-order valence-corrected chi connectivity index (χ2v) is 4.34. The largest absolute Gasteiger partial charge is 0.303 e. The number of nitrogens with zero attached hydrogens (tertiary/aromatic N) is 2. The predicted molar refractivity (Wildman–Crippen MR) is 73.4 cm³/mol. The number of benzene rings is 2. The number of halogens is 2. The molecule has 3 rings (SSSR count). The van der Waals surface area contributed by atoms with Crippen molar-refractivity contribution in [3.8, 4) is 22.6 Å². The zero-order chi connectivity index (χ0) is 14.8. The van der Waals surface area contributed by atoms with Crippen LogP contribution in [0.15, 0.2) is 53.3 Å². The average Bonchev–Trinajstić information content (AvgIpc) is 2.49. The van der Waals surface area contributed by atoms with Crippen molar-refractivity contribution in [2.45, 2.75) is 0 Å². The molecule has 0 saturated heterocycles. The van der Waals surface area contributed by atoms with Crippen molar-refractivity contribution in [2.75, 3.05) is 0 Å². The topological polar surface area (TPSA) is 58.6 Å². The summed E-state index contributed by atoms with van der Waals surface area (Å²) < 4.78 is 26.5. The maximum Gasteiger partial charge on any atom is 0.278 e. The number of hydrogen-bond acceptors (Lipinski definition) is 3. The maximum absolute atomic E-state index is 13.6. The minimum Gasteiger partial charge on any atom is -0.303 e. The zero-order valence-electron chi connectivity index (χ0n) is 10.7. The first-order valence-corrected chi connectivity index (χ1v) is 6.13. The van der Waals surface area contributed by atoms with Crippen LogP contribution in [0.2, 0.25) is 0 Å². The van der Waals surface area contributed by atoms with Crippen LogP contribution in [-0.2, 0) is 0 Å². The lowest BCUT2D eigenvalue weighted by atomic mass is 10.1. The summed E-state index contributed by atoms with van der Waals surface area (Å²) in [5.74, 6) is -0.868. The first-order chi connectivity index (χ1) is 10.1. The molecule has 104 valence electrons. The van der Waals surface area contributed by atoms with Crippen LogP contribution >= 0.6 is 0 Å². The summed E-state index contributed by atoms with van der Waals surface area (Å²) in [6.07, 6.45) is 0. The van der Waals surface area contributed by atoms with Gasteiger partial charge in [0.1, 0.15) is 11.6 Å². The number of aromatic nitrogens is 3. The summed E-state index contributed by atoms with van der Waals surface area (Å²) in [4.78, 5) is 14.5. The molecule has 0 spiro atoms. The third-order valence-electron chi connectivity index (χ3n) is 2.94. The molecule has 6 heteroatoms. The molecule has 1 N–H and O–H groups in total. The molecule has 21 heavy (non-hydrogen) atoms. The number of aromatic amines is 1. The Balaban J connectivity index is 2.07. The molecule has 3 aromatic rings. The highest BCUT2D eigenvalue weighted by atomic mass is 19.1. The third kappa shape index (κ3) is 2.55. The molecule has 0 aliphatic carbocycles. The summed E-state index contributed by atoms with van der Waals surface area (Å²) in [5.41, 5.74) is 0.128. The second kappa shape index (κ2) is 5.24. The lowest BCUT2D eigenvalue weighted by Crippen LogP contribution is -2.14. The van der Waals surface area contributed by atoms with Crippen LogP contribution in [0.1, 0.15) is 0 Å². The molecule has 1 aromatic heterocycles. The van der Waals surface area contributed by atoms with E-state index < -0.39 is 17.2 Å². The summed E-state index contributed by atoms with van der Waals surface area (Å²) in [7, 11) is 0. The van der Waals surface area contributed by atoms with Gasteiger partial charge in [0.15, 0.2) is 11.5 Å². The van der Waals surface area contributed by atoms with E-state index in [4.69, 9.17) is 0 Å². The summed E-state index contributed by atoms with van der Waals surface area (Å²) in [6.45, 7) is 0. The molecular formula is C15H9F2N3O. The van der Waals surface area contributed by atoms with Gasteiger partial charge in [-0.05, 0) is 36.4 Å². The van der Waals surface area contributed by atoms with E-state index in [0.29, 0.717) is 5.56 Å². The predicted octanol–water partition coefficient (Wildman–Crippen LogP) is 2.78. The van der Waals surface area contributed by atoms with Crippen LogP contribution in [0.3, 0.4) is 0 Å². The quantitative estimate of drug-likeness (QED) is 0.787. The van der Waals surface area contributed by atoms with Gasteiger partial charge in [-0.1, -0.05) is 12.1 Å². The molecule has 0 fully saturated rings. The van der Waals surface area contributed by atoms with E-state index >= 15 is 0 Å². The van der Waals surface area contributed by atoms with Crippen LogP contribution in [0.25, 0.3) is 22.6 Å². The fourth-order valence-electron chi connectivity index (χ4n) is 1.91. The summed E-state index contributed by atoms with van der Waals surface area (Å²) in [5, 5.41) is 7.64. The van der Waals surface area contributed by atoms with Crippen LogP contribution in [0, 0.1) is 11.6 Å². The minimum atomic E-state index is -0.519. The van der Waals surface area contributed by atoms with Crippen LogP contribution in [0.4, 0.5) is 8.78 Å². The Hall–Kier alpha value is -2.89. The van der Waals surface area contributed by atoms with Crippen molar-refractivity contribution in [3.05, 3.63) is 70.5 Å². The van der Waals surface area contributed by atoms with E-state index in [1.54, 1.807) is 6.07 Å². The van der Waals surface area contributed by atoms with E-state index in [0.717, 1.165) is 0 Å². The Bertz CT molecular complexity index is 844. The molecule has 2 aromatic carbocycles. The van der Waals surface area contributed by atoms with E-state index in [1.807, 2.05) is 0 Å². The fourth-order valence-corrected chi connectivity index (χ4v) is 1.91. The van der Waals surface area contributed by atoms with Crippen LogP contribution in [0.5, 0.6) is 0 Å². The molecule has 1 heterocycles. The van der Waals surface area contributed by atoms with Crippen LogP contribution in [-0.4, -0.2) is 15.2 Å². The number of rotatable bonds is 2. The van der Waals surface area contributed by atoms with E-state index in [1.165, 1.54) is 42.5 Å². The fraction of sp³-hybridized carbons (Fsp3) is 0. The van der Waals surface area contributed by atoms with E-state index in [2.05, 4.69) is 15.2 Å². The minimum absolute atomic E-state index is 0.0453. The van der Waals surface area contributed by atoms with Gasteiger partial charge in [0.05, 0.1) is 5.56 Å². The summed E-state index contributed by atoms with van der Waals surface area (Å²) in [6, 6.07) is 11.2. The zero-order valence-corrected chi connectivity index (χ0v) is 10.7. The van der Waals surface area contributed by atoms with Gasteiger partial charge in [-0.25, -0.2) is 8.78 Å². The van der Waals surface area contributed by atoms with Crippen molar-refractivity contribution in [2.24, 2.45) is 0 Å². The lowest BCUT2D eigenvalue weighted by molar-refractivity contribution is 0.627. The van der Waals surface area contributed by atoms with Gasteiger partial charge in [0, 0.05) is 5.56 Å². The van der Waals surface area contributed by atoms with Crippen molar-refractivity contribution >= 4 is 0 Å². The second-order valence-electron chi connectivity index (χ2n) is 4.34. The molecule has 0 aliphatic rings. The first kappa shape index (κ1) is 13.1. The molecule has 0 saturated carbocycles. The monoisotopic (exact) mass is 285 g/mol. The van der Waals surface area contributed by atoms with Crippen LogP contribution < -0.4 is 5.56 Å². The number of H-pyrrole nitrogens is 1. The summed E-state index contributed by atoms with van der Waals surface area (Å²) >= 11 is 0. The van der Waals surface area contributed by atoms with Gasteiger partial charge < -0.3 is 4.98 Å². The first-order valence-electron chi connectivity index (χ1n) is 6.13. The SMILES string of the molecule is O=c1[nH]c(-c2ccccc2F)nnc1-c1ccc(F)cc1. The highest BCUT2D eigenvalue weighted by molar-refractivity contribution is 5.60. The molecule has 0 radical (unpaired) electrons. The van der Waals surface area contributed by atoms with Gasteiger partial charge in [-0.3, -0.25) is 4.79 Å². The molecule has 0 unspecified atom stereocenters. The van der Waals surface area contributed by atoms with Gasteiger partial charge in [-0.2, -0.15) is 0 Å². The molecule has 0 amide bonds. The van der Waals surface area contributed by atoms with Gasteiger partial charge in [-0.15, -0.1) is 10.2 Å². The van der Waals surface area contributed by atoms with Gasteiger partial charge in [0.25, 0.3) is 5.56 Å². The molecular weight excluding hydrogens is 276 g/mol. The Labute approximate surface area is 118 Å². The molecule has 0 aliphatic heterocycles. The van der Waals surface area contributed by atoms with Crippen molar-refractivity contribution in [1.29, 1.82) is 0 Å². The van der Waals surface area contributed by atoms with E-state index in [9.17, 15) is 13.6 Å². The number of nitrogens with one attached hydrogen (secondary N) is 1. The highest BCUT2D eigenvalue weighted by Crippen LogP contribution is 2.18. The maximum atomic E-state index is 13.6. The van der Waals surface area contributed by atoms with Gasteiger partial charge in [0.2, 0.25) is 0 Å². The van der Waals surface area contributed by atoms with Crippen molar-refractivity contribution < 1.29 is 8.78 Å². The van der Waals surface area contributed by atoms with Gasteiger partial charge >= 0.3 is 0 Å².